The van der Waals surface area contributed by atoms with E-state index in [1.165, 1.54) is 5.56 Å². The molecule has 2 aromatic rings. The smallest absolute Gasteiger partial charge is 0.212 e. The van der Waals surface area contributed by atoms with E-state index in [-0.39, 0.29) is 0 Å². The van der Waals surface area contributed by atoms with Crippen LogP contribution in [0.5, 0.6) is 17.4 Å². The molecule has 0 spiro atoms. The lowest BCUT2D eigenvalue weighted by Gasteiger charge is -2.13. The summed E-state index contributed by atoms with van der Waals surface area (Å²) in [6, 6.07) is 9.91. The Morgan fingerprint density at radius 3 is 2.48 bits per heavy atom. The molecule has 1 heterocycles. The average molecular weight is 401 g/mol. The predicted molar refractivity (Wildman–Crippen MR) is 116 cm³/mol. The van der Waals surface area contributed by atoms with Crippen LogP contribution in [0, 0.1) is 0 Å². The van der Waals surface area contributed by atoms with Crippen molar-refractivity contribution in [3.8, 4) is 17.4 Å². The molecular formula is C22H32N4O3. The number of nitrogens with zero attached hydrogens (tertiary/aromatic N) is 2. The monoisotopic (exact) mass is 400 g/mol. The Morgan fingerprint density at radius 2 is 1.83 bits per heavy atom. The average Bonchev–Trinajstić information content (AvgIpc) is 2.75. The van der Waals surface area contributed by atoms with E-state index >= 15 is 0 Å². The molecule has 0 aliphatic heterocycles. The zero-order valence-electron chi connectivity index (χ0n) is 17.8. The molecule has 0 saturated carbocycles. The second kappa shape index (κ2) is 12.5. The second-order valence-corrected chi connectivity index (χ2v) is 6.35. The number of hydrogen-bond donors (Lipinski definition) is 2. The molecule has 0 fully saturated rings. The number of aromatic nitrogens is 1. The number of aliphatic imine (C=N–C) groups is 1. The first-order valence-corrected chi connectivity index (χ1v) is 10.0. The van der Waals surface area contributed by atoms with Gasteiger partial charge in [0.25, 0.3) is 0 Å². The van der Waals surface area contributed by atoms with E-state index in [2.05, 4.69) is 39.7 Å². The van der Waals surface area contributed by atoms with Crippen molar-refractivity contribution in [3.05, 3.63) is 47.7 Å². The molecule has 0 bridgehead atoms. The Kier molecular flexibility index (Phi) is 9.62. The third kappa shape index (κ3) is 7.52. The van der Waals surface area contributed by atoms with E-state index in [0.29, 0.717) is 19.0 Å². The molecule has 1 aromatic carbocycles. The van der Waals surface area contributed by atoms with Gasteiger partial charge in [0.1, 0.15) is 0 Å². The molecule has 0 saturated heterocycles. The molecule has 0 aliphatic carbocycles. The number of pyridine rings is 1. The summed E-state index contributed by atoms with van der Waals surface area (Å²) in [6.45, 7) is 6.83. The highest BCUT2D eigenvalue weighted by molar-refractivity contribution is 5.79. The molecule has 7 heteroatoms. The highest BCUT2D eigenvalue weighted by atomic mass is 16.5. The number of guanidine groups is 1. The first-order chi connectivity index (χ1) is 14.2. The zero-order valence-corrected chi connectivity index (χ0v) is 17.8. The maximum absolute atomic E-state index is 5.65. The summed E-state index contributed by atoms with van der Waals surface area (Å²) in [5.74, 6) is 2.97. The summed E-state index contributed by atoms with van der Waals surface area (Å²) in [4.78, 5) is 8.83. The molecular weight excluding hydrogens is 368 g/mol. The summed E-state index contributed by atoms with van der Waals surface area (Å²) in [7, 11) is 3.27. The number of ether oxygens (including phenoxy) is 3. The Labute approximate surface area is 173 Å². The molecule has 29 heavy (non-hydrogen) atoms. The van der Waals surface area contributed by atoms with Crippen LogP contribution in [0.4, 0.5) is 0 Å². The van der Waals surface area contributed by atoms with Gasteiger partial charge in [-0.1, -0.05) is 12.1 Å². The Balaban J connectivity index is 1.84. The largest absolute Gasteiger partial charge is 0.493 e. The van der Waals surface area contributed by atoms with Crippen LogP contribution < -0.4 is 24.8 Å². The van der Waals surface area contributed by atoms with Gasteiger partial charge in [0, 0.05) is 25.4 Å². The van der Waals surface area contributed by atoms with Gasteiger partial charge in [-0.15, -0.1) is 0 Å². The van der Waals surface area contributed by atoms with Crippen molar-refractivity contribution in [2.75, 3.05) is 33.9 Å². The number of methoxy groups -OCH3 is 2. The lowest BCUT2D eigenvalue weighted by atomic mass is 10.1. The third-order valence-electron chi connectivity index (χ3n) is 4.23. The molecule has 0 aliphatic rings. The van der Waals surface area contributed by atoms with E-state index in [1.807, 2.05) is 25.1 Å². The van der Waals surface area contributed by atoms with Crippen LogP contribution in [-0.4, -0.2) is 44.9 Å². The maximum atomic E-state index is 5.65. The minimum Gasteiger partial charge on any atom is -0.493 e. The van der Waals surface area contributed by atoms with Gasteiger partial charge in [-0.25, -0.2) is 9.98 Å². The van der Waals surface area contributed by atoms with E-state index in [0.717, 1.165) is 49.0 Å². The van der Waals surface area contributed by atoms with E-state index in [4.69, 9.17) is 14.2 Å². The number of benzene rings is 1. The van der Waals surface area contributed by atoms with Gasteiger partial charge in [0.05, 0.1) is 27.4 Å². The minimum atomic E-state index is 0.558. The highest BCUT2D eigenvalue weighted by Gasteiger charge is 2.05. The van der Waals surface area contributed by atoms with Crippen LogP contribution in [0.2, 0.25) is 0 Å². The summed E-state index contributed by atoms with van der Waals surface area (Å²) in [5, 5.41) is 6.66. The first kappa shape index (κ1) is 22.3. The molecule has 0 unspecified atom stereocenters. The van der Waals surface area contributed by atoms with Crippen LogP contribution in [-0.2, 0) is 13.0 Å². The van der Waals surface area contributed by atoms with Gasteiger partial charge in [-0.3, -0.25) is 0 Å². The number of aryl methyl sites for hydroxylation is 1. The predicted octanol–water partition coefficient (Wildman–Crippen LogP) is 3.19. The van der Waals surface area contributed by atoms with Crippen molar-refractivity contribution in [2.24, 2.45) is 4.99 Å². The lowest BCUT2D eigenvalue weighted by Crippen LogP contribution is -2.37. The van der Waals surface area contributed by atoms with Gasteiger partial charge in [-0.05, 0) is 49.9 Å². The fourth-order valence-corrected chi connectivity index (χ4v) is 2.78. The van der Waals surface area contributed by atoms with E-state index in [1.54, 1.807) is 20.4 Å². The maximum Gasteiger partial charge on any atom is 0.212 e. The van der Waals surface area contributed by atoms with Crippen LogP contribution in [0.3, 0.4) is 0 Å². The van der Waals surface area contributed by atoms with E-state index < -0.39 is 0 Å². The van der Waals surface area contributed by atoms with E-state index in [9.17, 15) is 0 Å². The van der Waals surface area contributed by atoms with Crippen LogP contribution >= 0.6 is 0 Å². The minimum absolute atomic E-state index is 0.558. The van der Waals surface area contributed by atoms with Crippen molar-refractivity contribution >= 4 is 5.96 Å². The number of hydrogen-bond acceptors (Lipinski definition) is 5. The van der Waals surface area contributed by atoms with Crippen molar-refractivity contribution in [1.29, 1.82) is 0 Å². The summed E-state index contributed by atoms with van der Waals surface area (Å²) in [5.41, 5.74) is 2.26. The molecule has 7 nitrogen and oxygen atoms in total. The van der Waals surface area contributed by atoms with Crippen molar-refractivity contribution < 1.29 is 14.2 Å². The Morgan fingerprint density at radius 1 is 1.00 bits per heavy atom. The normalized spacial score (nSPS) is 11.1. The van der Waals surface area contributed by atoms with Crippen LogP contribution in [0.15, 0.2) is 41.5 Å². The fourth-order valence-electron chi connectivity index (χ4n) is 2.78. The van der Waals surface area contributed by atoms with Crippen LogP contribution in [0.1, 0.15) is 31.4 Å². The number of nitrogens with one attached hydrogen (secondary N) is 2. The molecule has 2 rings (SSSR count). The topological polar surface area (TPSA) is 77.0 Å². The Bertz CT molecular complexity index is 763. The zero-order chi connectivity index (χ0) is 20.9. The Hall–Kier alpha value is -2.96. The van der Waals surface area contributed by atoms with Crippen molar-refractivity contribution in [1.82, 2.24) is 15.6 Å². The molecule has 0 radical (unpaired) electrons. The van der Waals surface area contributed by atoms with Gasteiger partial charge < -0.3 is 24.8 Å². The fraction of sp³-hybridized carbons (Fsp3) is 0.455. The summed E-state index contributed by atoms with van der Waals surface area (Å²) >= 11 is 0. The van der Waals surface area contributed by atoms with Crippen molar-refractivity contribution in [3.63, 3.8) is 0 Å². The molecule has 158 valence electrons. The molecule has 2 N–H and O–H groups in total. The third-order valence-corrected chi connectivity index (χ3v) is 4.23. The van der Waals surface area contributed by atoms with Gasteiger partial charge >= 0.3 is 0 Å². The van der Waals surface area contributed by atoms with Crippen molar-refractivity contribution in [2.45, 2.75) is 33.2 Å². The second-order valence-electron chi connectivity index (χ2n) is 6.35. The van der Waals surface area contributed by atoms with Gasteiger partial charge in [0.2, 0.25) is 5.88 Å². The number of rotatable bonds is 11. The van der Waals surface area contributed by atoms with Gasteiger partial charge in [-0.2, -0.15) is 0 Å². The summed E-state index contributed by atoms with van der Waals surface area (Å²) in [6.07, 6.45) is 3.71. The quantitative estimate of drug-likeness (QED) is 0.343. The summed E-state index contributed by atoms with van der Waals surface area (Å²) < 4.78 is 16.1. The van der Waals surface area contributed by atoms with Gasteiger partial charge in [0.15, 0.2) is 17.5 Å². The molecule has 0 atom stereocenters. The standard InChI is InChI=1S/C22H32N4O3/c1-5-23-22(26-16-18-10-12-21(28-4)25-15-18)24-13-7-8-17-9-11-19(27-3)20(14-17)29-6-2/h9-12,14-15H,5-8,13,16H2,1-4H3,(H2,23,24,26). The van der Waals surface area contributed by atoms with Crippen LogP contribution in [0.25, 0.3) is 0 Å². The first-order valence-electron chi connectivity index (χ1n) is 10.0. The SMILES string of the molecule is CCNC(=NCc1ccc(OC)nc1)NCCCc1ccc(OC)c(OCC)c1. The molecule has 0 amide bonds. The molecule has 1 aromatic heterocycles. The highest BCUT2D eigenvalue weighted by Crippen LogP contribution is 2.28. The lowest BCUT2D eigenvalue weighted by molar-refractivity contribution is 0.310.